The molecule has 212 valence electrons. The van der Waals surface area contributed by atoms with Crippen LogP contribution in [0.1, 0.15) is 48.8 Å². The van der Waals surface area contributed by atoms with E-state index >= 15 is 0 Å². The molecular weight excluding hydrogens is 516 g/mol. The number of amides is 1. The monoisotopic (exact) mass is 556 g/mol. The van der Waals surface area contributed by atoms with E-state index in [9.17, 15) is 18.0 Å². The Morgan fingerprint density at radius 2 is 2.08 bits per heavy atom. The lowest BCUT2D eigenvalue weighted by Crippen LogP contribution is -2.45. The van der Waals surface area contributed by atoms with Crippen LogP contribution in [0.4, 0.5) is 5.69 Å². The smallest absolute Gasteiger partial charge is 0.241 e. The van der Waals surface area contributed by atoms with Gasteiger partial charge in [0.05, 0.1) is 19.4 Å². The third-order valence-corrected chi connectivity index (χ3v) is 8.47. The van der Waals surface area contributed by atoms with Crippen molar-refractivity contribution in [2.45, 2.75) is 51.1 Å². The normalized spacial score (nSPS) is 20.9. The van der Waals surface area contributed by atoms with Crippen LogP contribution in [0.5, 0.6) is 5.75 Å². The van der Waals surface area contributed by atoms with Crippen molar-refractivity contribution in [3.63, 3.8) is 0 Å². The highest BCUT2D eigenvalue weighted by molar-refractivity contribution is 7.88. The van der Waals surface area contributed by atoms with Crippen LogP contribution >= 0.6 is 0 Å². The van der Waals surface area contributed by atoms with Gasteiger partial charge in [0.2, 0.25) is 15.9 Å². The number of hydrogen-bond donors (Lipinski definition) is 2. The number of rotatable bonds is 13. The topological polar surface area (TPSA) is 122 Å². The number of likely N-dealkylation sites (tertiary alicyclic amines) is 1. The molecule has 2 heterocycles. The van der Waals surface area contributed by atoms with E-state index in [4.69, 9.17) is 10.5 Å². The number of nitrogens with zero attached hydrogens (tertiary/aromatic N) is 2. The first-order valence-corrected chi connectivity index (χ1v) is 15.6. The number of sulfonamides is 1. The second kappa shape index (κ2) is 13.0. The molecule has 0 aliphatic carbocycles. The van der Waals surface area contributed by atoms with Crippen molar-refractivity contribution in [3.05, 3.63) is 59.2 Å². The number of anilines is 1. The Bertz CT molecular complexity index is 1270. The molecule has 0 spiro atoms. The number of aldehydes is 1. The van der Waals surface area contributed by atoms with Gasteiger partial charge in [-0.3, -0.25) is 9.69 Å². The first-order valence-electron chi connectivity index (χ1n) is 13.7. The predicted octanol–water partition coefficient (Wildman–Crippen LogP) is 2.44. The minimum absolute atomic E-state index is 0.0497. The van der Waals surface area contributed by atoms with E-state index in [1.807, 2.05) is 41.3 Å². The lowest BCUT2D eigenvalue weighted by atomic mass is 9.84. The van der Waals surface area contributed by atoms with Crippen molar-refractivity contribution in [1.29, 1.82) is 0 Å². The second-order valence-electron chi connectivity index (χ2n) is 10.5. The van der Waals surface area contributed by atoms with Crippen molar-refractivity contribution in [3.8, 4) is 5.75 Å². The van der Waals surface area contributed by atoms with E-state index in [1.165, 1.54) is 0 Å². The molecule has 0 bridgehead atoms. The van der Waals surface area contributed by atoms with Crippen LogP contribution in [0.25, 0.3) is 0 Å². The molecule has 10 heteroatoms. The number of fused-ring (bicyclic) bond motifs is 1. The number of hydrogen-bond acceptors (Lipinski definition) is 7. The van der Waals surface area contributed by atoms with Crippen molar-refractivity contribution < 1.29 is 22.7 Å². The molecule has 3 atom stereocenters. The van der Waals surface area contributed by atoms with Crippen LogP contribution in [-0.4, -0.2) is 70.6 Å². The van der Waals surface area contributed by atoms with Gasteiger partial charge in [-0.1, -0.05) is 37.6 Å². The summed E-state index contributed by atoms with van der Waals surface area (Å²) in [6.45, 7) is 4.58. The standard InChI is InChI=1S/C29H40N4O5S/c1-3-4-13-33(24-7-5-6-21(15-24)17-30)29(35)19-32-18-25(22-8-9-28-23(16-22)11-14-38-28)26(20-34)27(32)10-12-31-39(2,36)37/h5-9,15-16,20,25-27,31H,3-4,10-14,17-19,30H2,1-2H3/t25-,26-,27+/m1/s1. The van der Waals surface area contributed by atoms with Crippen LogP contribution in [0, 0.1) is 5.92 Å². The molecule has 4 rings (SSSR count). The Labute approximate surface area is 231 Å². The molecule has 1 amide bonds. The first kappa shape index (κ1) is 29.2. The summed E-state index contributed by atoms with van der Waals surface area (Å²) in [6.07, 6.45) is 5.16. The molecule has 1 fully saturated rings. The number of nitrogens with one attached hydrogen (secondary N) is 1. The van der Waals surface area contributed by atoms with Gasteiger partial charge in [0.1, 0.15) is 12.0 Å². The molecule has 9 nitrogen and oxygen atoms in total. The van der Waals surface area contributed by atoms with Gasteiger partial charge < -0.3 is 20.2 Å². The summed E-state index contributed by atoms with van der Waals surface area (Å²) in [5.41, 5.74) is 9.80. The molecule has 0 saturated carbocycles. The third-order valence-electron chi connectivity index (χ3n) is 7.74. The lowest BCUT2D eigenvalue weighted by molar-refractivity contribution is -0.120. The van der Waals surface area contributed by atoms with Gasteiger partial charge in [0.15, 0.2) is 0 Å². The Balaban J connectivity index is 1.60. The van der Waals surface area contributed by atoms with Gasteiger partial charge in [-0.2, -0.15) is 0 Å². The van der Waals surface area contributed by atoms with Crippen molar-refractivity contribution in [1.82, 2.24) is 9.62 Å². The minimum Gasteiger partial charge on any atom is -0.493 e. The van der Waals surface area contributed by atoms with Crippen LogP contribution in [-0.2, 0) is 32.6 Å². The van der Waals surface area contributed by atoms with Gasteiger partial charge in [0.25, 0.3) is 0 Å². The Hall–Kier alpha value is -2.79. The first-order chi connectivity index (χ1) is 18.7. The summed E-state index contributed by atoms with van der Waals surface area (Å²) in [6, 6.07) is 13.5. The number of ether oxygens (including phenoxy) is 1. The summed E-state index contributed by atoms with van der Waals surface area (Å²) in [5.74, 6) is 0.358. The molecule has 0 aromatic heterocycles. The number of unbranched alkanes of at least 4 members (excludes halogenated alkanes) is 1. The van der Waals surface area contributed by atoms with Crippen molar-refractivity contribution in [2.24, 2.45) is 11.7 Å². The summed E-state index contributed by atoms with van der Waals surface area (Å²) < 4.78 is 31.7. The summed E-state index contributed by atoms with van der Waals surface area (Å²) in [7, 11) is -3.38. The van der Waals surface area contributed by atoms with E-state index in [0.29, 0.717) is 32.7 Å². The van der Waals surface area contributed by atoms with E-state index in [0.717, 1.165) is 59.9 Å². The average Bonchev–Trinajstić information content (AvgIpc) is 3.52. The highest BCUT2D eigenvalue weighted by Crippen LogP contribution is 2.40. The summed E-state index contributed by atoms with van der Waals surface area (Å²) in [5, 5.41) is 0. The van der Waals surface area contributed by atoms with Gasteiger partial charge in [-0.25, -0.2) is 13.1 Å². The molecule has 0 unspecified atom stereocenters. The van der Waals surface area contributed by atoms with Crippen LogP contribution < -0.4 is 20.1 Å². The zero-order chi connectivity index (χ0) is 28.0. The van der Waals surface area contributed by atoms with Crippen LogP contribution in [0.15, 0.2) is 42.5 Å². The molecule has 0 radical (unpaired) electrons. The summed E-state index contributed by atoms with van der Waals surface area (Å²) in [4.78, 5) is 30.2. The second-order valence-corrected chi connectivity index (χ2v) is 12.3. The van der Waals surface area contributed by atoms with E-state index in [-0.39, 0.29) is 36.9 Å². The van der Waals surface area contributed by atoms with Gasteiger partial charge in [-0.05, 0) is 47.7 Å². The quantitative estimate of drug-likeness (QED) is 0.364. The van der Waals surface area contributed by atoms with Crippen molar-refractivity contribution >= 4 is 27.9 Å². The Kier molecular flexibility index (Phi) is 9.76. The SMILES string of the molecule is CCCCN(C(=O)CN1C[C@H](c2ccc3c(c2)CCO3)[C@@H](C=O)[C@@H]1CCNS(C)(=O)=O)c1cccc(CN)c1. The fraction of sp³-hybridized carbons (Fsp3) is 0.517. The zero-order valence-electron chi connectivity index (χ0n) is 22.8. The molecular formula is C29H40N4O5S. The molecule has 2 aliphatic heterocycles. The van der Waals surface area contributed by atoms with Crippen LogP contribution in [0.3, 0.4) is 0 Å². The fourth-order valence-electron chi connectivity index (χ4n) is 5.75. The summed E-state index contributed by atoms with van der Waals surface area (Å²) >= 11 is 0. The molecule has 3 N–H and O–H groups in total. The third kappa shape index (κ3) is 7.25. The highest BCUT2D eigenvalue weighted by Gasteiger charge is 2.43. The van der Waals surface area contributed by atoms with Gasteiger partial charge in [-0.15, -0.1) is 0 Å². The molecule has 2 aliphatic rings. The molecule has 39 heavy (non-hydrogen) atoms. The molecule has 2 aromatic carbocycles. The minimum atomic E-state index is -3.38. The zero-order valence-corrected chi connectivity index (χ0v) is 23.7. The number of carbonyl (C=O) groups is 2. The number of nitrogens with two attached hydrogens (primary N) is 1. The largest absolute Gasteiger partial charge is 0.493 e. The Morgan fingerprint density at radius 1 is 1.26 bits per heavy atom. The van der Waals surface area contributed by atoms with Gasteiger partial charge in [0, 0.05) is 56.2 Å². The fourth-order valence-corrected chi connectivity index (χ4v) is 6.23. The van der Waals surface area contributed by atoms with E-state index in [2.05, 4.69) is 22.6 Å². The molecule has 2 aromatic rings. The van der Waals surface area contributed by atoms with E-state index in [1.54, 1.807) is 0 Å². The number of benzene rings is 2. The maximum absolute atomic E-state index is 13.8. The Morgan fingerprint density at radius 3 is 2.79 bits per heavy atom. The van der Waals surface area contributed by atoms with Crippen molar-refractivity contribution in [2.75, 3.05) is 43.9 Å². The highest BCUT2D eigenvalue weighted by atomic mass is 32.2. The maximum atomic E-state index is 13.8. The lowest BCUT2D eigenvalue weighted by Gasteiger charge is -2.30. The van der Waals surface area contributed by atoms with E-state index < -0.39 is 10.0 Å². The average molecular weight is 557 g/mol. The molecule has 1 saturated heterocycles. The van der Waals surface area contributed by atoms with Crippen LogP contribution in [0.2, 0.25) is 0 Å². The maximum Gasteiger partial charge on any atom is 0.241 e. The van der Waals surface area contributed by atoms with Gasteiger partial charge >= 0.3 is 0 Å². The number of carbonyl (C=O) groups excluding carboxylic acids is 2. The predicted molar refractivity (Wildman–Crippen MR) is 152 cm³/mol.